The number of aliphatic hydroxyl groups excluding tert-OH is 1. The van der Waals surface area contributed by atoms with E-state index in [4.69, 9.17) is 5.11 Å². The fraction of sp³-hybridized carbons (Fsp3) is 0.621. The van der Waals surface area contributed by atoms with Gasteiger partial charge in [0.25, 0.3) is 0 Å². The van der Waals surface area contributed by atoms with Crippen LogP contribution < -0.4 is 0 Å². The number of hydrogen-bond acceptors (Lipinski definition) is 1. The number of allylic oxidation sites excluding steroid dienone is 36. The third-order valence-corrected chi connectivity index (χ3v) is 19.4. The zero-order valence-corrected chi connectivity index (χ0v) is 67.3. The summed E-state index contributed by atoms with van der Waals surface area (Å²) in [7, 11) is 0. The summed E-state index contributed by atoms with van der Waals surface area (Å²) in [5.41, 5.74) is 27.4. The van der Waals surface area contributed by atoms with Crippen molar-refractivity contribution in [2.45, 2.75) is 376 Å². The first-order valence-corrected chi connectivity index (χ1v) is 39.3. The predicted molar refractivity (Wildman–Crippen MR) is 440 cm³/mol. The van der Waals surface area contributed by atoms with Gasteiger partial charge in [0, 0.05) is 6.61 Å². The molecule has 1 heteroatoms. The molecule has 0 rings (SSSR count). The van der Waals surface area contributed by atoms with Crippen LogP contribution in [-0.2, 0) is 0 Å². The highest BCUT2D eigenvalue weighted by atomic mass is 16.3. The van der Waals surface area contributed by atoms with E-state index in [1.165, 1.54) is 216 Å². The number of aliphatic hydroxyl groups is 1. The average Bonchev–Trinajstić information content (AvgIpc) is 3.73. The van der Waals surface area contributed by atoms with E-state index in [1.807, 2.05) is 0 Å². The van der Waals surface area contributed by atoms with Gasteiger partial charge in [0.2, 0.25) is 0 Å². The first-order valence-electron chi connectivity index (χ1n) is 39.3. The minimum absolute atomic E-state index is 0.309. The van der Waals surface area contributed by atoms with E-state index in [-0.39, 0.29) is 0 Å². The summed E-state index contributed by atoms with van der Waals surface area (Å²) in [4.78, 5) is 0. The van der Waals surface area contributed by atoms with Crippen LogP contribution >= 0.6 is 0 Å². The van der Waals surface area contributed by atoms with Gasteiger partial charge < -0.3 is 5.11 Å². The van der Waals surface area contributed by atoms with Gasteiger partial charge in [-0.3, -0.25) is 0 Å². The van der Waals surface area contributed by atoms with Gasteiger partial charge in [0.05, 0.1) is 0 Å². The summed E-state index contributed by atoms with van der Waals surface area (Å²) in [5, 5.41) is 9.11. The highest BCUT2D eigenvalue weighted by Crippen LogP contribution is 2.23. The second-order valence-electron chi connectivity index (χ2n) is 30.5. The standard InChI is InChI=1S/C95H156O/c1-77(2)39-21-40-78(3)41-22-42-79(4)43-23-44-80(5)45-24-46-81(6)47-25-48-82(7)49-26-50-83(8)51-27-52-84(9)53-28-54-85(10)55-29-56-86(11)57-30-58-87(12)59-31-60-88(13)61-32-62-89(14)63-33-64-90(15)65-34-66-91(16)67-35-68-92(17)69-36-70-93(18)71-37-72-94(19)73-38-74-95(20)75-76-96/h39,41,43,45,47,49,51,53,55,57,59,61,63,65,67,69,71,73,95-96H,21-38,40,42,44,46,48,50,52,54,56,58,60,62,64,66,68,70,72,74-76H2,1-20H3/b78-41+,79-43+,80-45-,81-47-,82-49-,83-51-,84-53-,85-55-,86-57-,87-59-,88-61-,89-63-,90-65-,91-67-,92-69-,93-71-,94-73-. The van der Waals surface area contributed by atoms with Gasteiger partial charge >= 0.3 is 0 Å². The summed E-state index contributed by atoms with van der Waals surface area (Å²) in [6, 6.07) is 0. The van der Waals surface area contributed by atoms with Crippen molar-refractivity contribution in [1.29, 1.82) is 0 Å². The molecule has 0 aliphatic heterocycles. The molecule has 0 saturated heterocycles. The van der Waals surface area contributed by atoms with Crippen molar-refractivity contribution in [3.05, 3.63) is 210 Å². The van der Waals surface area contributed by atoms with Gasteiger partial charge in [-0.05, 0) is 375 Å². The molecule has 0 spiro atoms. The quantitative estimate of drug-likeness (QED) is 0.0602. The molecule has 1 unspecified atom stereocenters. The fourth-order valence-electron chi connectivity index (χ4n) is 12.0. The number of hydrogen-bond donors (Lipinski definition) is 1. The summed E-state index contributed by atoms with van der Waals surface area (Å²) in [6.07, 6.45) is 87.0. The van der Waals surface area contributed by atoms with Crippen LogP contribution in [0.15, 0.2) is 210 Å². The first-order chi connectivity index (χ1) is 45.9. The molecule has 1 nitrogen and oxygen atoms in total. The van der Waals surface area contributed by atoms with E-state index >= 15 is 0 Å². The Hall–Kier alpha value is -4.72. The van der Waals surface area contributed by atoms with Crippen LogP contribution in [0.1, 0.15) is 376 Å². The summed E-state index contributed by atoms with van der Waals surface area (Å²) in [6.45, 7) is 46.2. The van der Waals surface area contributed by atoms with Crippen LogP contribution in [-0.4, -0.2) is 11.7 Å². The third-order valence-electron chi connectivity index (χ3n) is 19.4. The maximum atomic E-state index is 9.11. The zero-order chi connectivity index (χ0) is 71.6. The Morgan fingerprint density at radius 1 is 0.177 bits per heavy atom. The minimum Gasteiger partial charge on any atom is -0.396 e. The molecule has 0 bridgehead atoms. The topological polar surface area (TPSA) is 20.2 Å². The molecule has 542 valence electrons. The van der Waals surface area contributed by atoms with Crippen LogP contribution in [0.2, 0.25) is 0 Å². The van der Waals surface area contributed by atoms with E-state index in [0.717, 1.165) is 122 Å². The number of rotatable bonds is 56. The molecule has 0 aliphatic rings. The maximum absolute atomic E-state index is 9.11. The Bertz CT molecular complexity index is 2680. The summed E-state index contributed by atoms with van der Waals surface area (Å²) < 4.78 is 0. The molecule has 1 N–H and O–H groups in total. The Morgan fingerprint density at radius 2 is 0.292 bits per heavy atom. The lowest BCUT2D eigenvalue weighted by Gasteiger charge is -2.07. The monoisotopic (exact) mass is 1310 g/mol. The van der Waals surface area contributed by atoms with Gasteiger partial charge in [-0.25, -0.2) is 0 Å². The molecule has 0 amide bonds. The lowest BCUT2D eigenvalue weighted by atomic mass is 10.0. The average molecular weight is 1310 g/mol. The highest BCUT2D eigenvalue weighted by Gasteiger charge is 2.03. The van der Waals surface area contributed by atoms with Gasteiger partial charge in [0.15, 0.2) is 0 Å². The van der Waals surface area contributed by atoms with E-state index in [0.29, 0.717) is 12.5 Å². The molecule has 0 heterocycles. The molecule has 0 radical (unpaired) electrons. The molecular formula is C95H156O. The summed E-state index contributed by atoms with van der Waals surface area (Å²) in [5.74, 6) is 0.611. The minimum atomic E-state index is 0.309. The Balaban J connectivity index is 4.35. The zero-order valence-electron chi connectivity index (χ0n) is 67.3. The van der Waals surface area contributed by atoms with E-state index < -0.39 is 0 Å². The molecule has 0 fully saturated rings. The fourth-order valence-corrected chi connectivity index (χ4v) is 12.0. The van der Waals surface area contributed by atoms with Crippen molar-refractivity contribution in [2.24, 2.45) is 5.92 Å². The molecule has 0 aromatic carbocycles. The molecule has 1 atom stereocenters. The van der Waals surface area contributed by atoms with Crippen LogP contribution in [0.5, 0.6) is 0 Å². The Kier molecular flexibility index (Phi) is 58.4. The van der Waals surface area contributed by atoms with Crippen molar-refractivity contribution < 1.29 is 5.11 Å². The van der Waals surface area contributed by atoms with E-state index in [1.54, 1.807) is 0 Å². The van der Waals surface area contributed by atoms with Gasteiger partial charge in [0.1, 0.15) is 0 Å². The molecule has 0 aliphatic carbocycles. The third kappa shape index (κ3) is 61.6. The van der Waals surface area contributed by atoms with Crippen LogP contribution in [0, 0.1) is 5.92 Å². The smallest absolute Gasteiger partial charge is 0.0433 e. The lowest BCUT2D eigenvalue weighted by molar-refractivity contribution is 0.259. The van der Waals surface area contributed by atoms with Crippen LogP contribution in [0.3, 0.4) is 0 Å². The van der Waals surface area contributed by atoms with Crippen molar-refractivity contribution in [3.63, 3.8) is 0 Å². The van der Waals surface area contributed by atoms with Gasteiger partial charge in [-0.1, -0.05) is 217 Å². The largest absolute Gasteiger partial charge is 0.396 e. The molecular weight excluding hydrogens is 1160 g/mol. The molecule has 96 heavy (non-hydrogen) atoms. The Labute approximate surface area is 599 Å². The molecule has 0 aromatic heterocycles. The van der Waals surface area contributed by atoms with Crippen molar-refractivity contribution in [2.75, 3.05) is 6.61 Å². The van der Waals surface area contributed by atoms with Crippen LogP contribution in [0.4, 0.5) is 0 Å². The Morgan fingerprint density at radius 3 is 0.406 bits per heavy atom. The molecule has 0 aromatic rings. The summed E-state index contributed by atoms with van der Waals surface area (Å²) >= 11 is 0. The van der Waals surface area contributed by atoms with Crippen molar-refractivity contribution >= 4 is 0 Å². The van der Waals surface area contributed by atoms with E-state index in [2.05, 4.69) is 248 Å². The van der Waals surface area contributed by atoms with E-state index in [9.17, 15) is 0 Å². The first kappa shape index (κ1) is 91.3. The van der Waals surface area contributed by atoms with Crippen molar-refractivity contribution in [3.8, 4) is 0 Å². The van der Waals surface area contributed by atoms with Gasteiger partial charge in [-0.2, -0.15) is 0 Å². The molecule has 0 saturated carbocycles. The van der Waals surface area contributed by atoms with Gasteiger partial charge in [-0.15, -0.1) is 0 Å². The highest BCUT2D eigenvalue weighted by molar-refractivity contribution is 5.15. The SMILES string of the molecule is CC(C)=CCC/C(C)=C/CC/C(C)=C/CC/C(C)=C\CC/C(C)=C\CC/C(C)=C\CC/C(C)=C\CC/C(C)=C\CC/C(C)=C\CC/C(C)=C\CC/C(C)=C\CC/C(C)=C\CC/C(C)=C\CC/C(C)=C\CC/C(C)=C\CC/C(C)=C\CC/C(C)=C\CC/C(C)=C\CCC(C)CCO. The second kappa shape index (κ2) is 61.4. The van der Waals surface area contributed by atoms with Crippen LogP contribution in [0.25, 0.3) is 0 Å². The normalized spacial score (nSPS) is 15.4. The maximum Gasteiger partial charge on any atom is 0.0433 e. The lowest BCUT2D eigenvalue weighted by Crippen LogP contribution is -1.97. The predicted octanol–water partition coefficient (Wildman–Crippen LogP) is 32.1. The van der Waals surface area contributed by atoms with Crippen molar-refractivity contribution in [1.82, 2.24) is 0 Å². The second-order valence-corrected chi connectivity index (χ2v) is 30.5.